The first-order chi connectivity index (χ1) is 17.8. The van der Waals surface area contributed by atoms with E-state index in [9.17, 15) is 9.59 Å². The van der Waals surface area contributed by atoms with E-state index in [1.807, 2.05) is 74.5 Å². The minimum Gasteiger partial charge on any atom is -0.483 e. The van der Waals surface area contributed by atoms with Crippen LogP contribution in [-0.4, -0.2) is 35.4 Å². The molecule has 1 N–H and O–H groups in total. The Labute approximate surface area is 233 Å². The molecule has 7 heteroatoms. The van der Waals surface area contributed by atoms with Crippen LogP contribution in [-0.2, 0) is 29.0 Å². The topological polar surface area (TPSA) is 58.6 Å². The summed E-state index contributed by atoms with van der Waals surface area (Å²) in [5.74, 6) is 0.122. The van der Waals surface area contributed by atoms with Gasteiger partial charge in [-0.2, -0.15) is 0 Å². The van der Waals surface area contributed by atoms with E-state index in [1.165, 1.54) is 5.56 Å². The number of nitrogens with one attached hydrogen (secondary N) is 1. The van der Waals surface area contributed by atoms with Gasteiger partial charge in [-0.3, -0.25) is 9.59 Å². The van der Waals surface area contributed by atoms with Crippen LogP contribution in [0.3, 0.4) is 0 Å². The van der Waals surface area contributed by atoms with Gasteiger partial charge < -0.3 is 15.0 Å². The molecule has 196 valence electrons. The smallest absolute Gasteiger partial charge is 0.261 e. The van der Waals surface area contributed by atoms with Crippen LogP contribution >= 0.6 is 27.5 Å². The van der Waals surface area contributed by atoms with Gasteiger partial charge in [0.1, 0.15) is 11.8 Å². The first-order valence-corrected chi connectivity index (χ1v) is 13.8. The van der Waals surface area contributed by atoms with Gasteiger partial charge in [-0.1, -0.05) is 74.0 Å². The minimum atomic E-state index is -0.714. The van der Waals surface area contributed by atoms with Gasteiger partial charge in [-0.05, 0) is 76.7 Å². The molecule has 0 saturated heterocycles. The number of ether oxygens (including phenoxy) is 1. The third-order valence-electron chi connectivity index (χ3n) is 6.29. The monoisotopic (exact) mass is 584 g/mol. The first-order valence-electron chi connectivity index (χ1n) is 12.6. The molecule has 0 unspecified atom stereocenters. The Bertz CT molecular complexity index is 1170. The van der Waals surface area contributed by atoms with Gasteiger partial charge in [0, 0.05) is 24.0 Å². The Morgan fingerprint density at radius 2 is 1.65 bits per heavy atom. The van der Waals surface area contributed by atoms with E-state index in [0.29, 0.717) is 17.2 Å². The normalized spacial score (nSPS) is 12.5. The van der Waals surface area contributed by atoms with Gasteiger partial charge in [-0.15, -0.1) is 0 Å². The second-order valence-electron chi connectivity index (χ2n) is 9.08. The molecule has 0 aliphatic heterocycles. The molecule has 0 aliphatic carbocycles. The Hall–Kier alpha value is -2.83. The molecule has 0 saturated carbocycles. The van der Waals surface area contributed by atoms with Crippen molar-refractivity contribution in [3.05, 3.63) is 99.0 Å². The molecule has 0 fully saturated rings. The maximum Gasteiger partial charge on any atom is 0.261 e. The fourth-order valence-corrected chi connectivity index (χ4v) is 4.55. The highest BCUT2D eigenvalue weighted by molar-refractivity contribution is 9.10. The standard InChI is InChI=1S/C30H34BrClN2O3/c1-4-21(3)33-30(36)27(18-23-9-7-6-8-10-23)34(19-24-11-14-25(32)15-12-24)29(35)20-37-28-16-13-22(5-2)17-26(28)31/h6-17,21,27H,4-5,18-20H2,1-3H3,(H,33,36)/t21-,27-/m1/s1. The van der Waals surface area contributed by atoms with Crippen molar-refractivity contribution in [2.24, 2.45) is 0 Å². The van der Waals surface area contributed by atoms with Crippen LogP contribution < -0.4 is 10.1 Å². The number of aryl methyl sites for hydroxylation is 1. The predicted molar refractivity (Wildman–Crippen MR) is 153 cm³/mol. The molecule has 0 spiro atoms. The number of amides is 2. The molecule has 5 nitrogen and oxygen atoms in total. The zero-order valence-electron chi connectivity index (χ0n) is 21.5. The van der Waals surface area contributed by atoms with Gasteiger partial charge in [0.15, 0.2) is 6.61 Å². The van der Waals surface area contributed by atoms with Crippen LogP contribution in [0.2, 0.25) is 5.02 Å². The summed E-state index contributed by atoms with van der Waals surface area (Å²) in [6.07, 6.45) is 2.08. The van der Waals surface area contributed by atoms with E-state index < -0.39 is 6.04 Å². The fraction of sp³-hybridized carbons (Fsp3) is 0.333. The summed E-state index contributed by atoms with van der Waals surface area (Å²) in [7, 11) is 0. The van der Waals surface area contributed by atoms with Crippen LogP contribution in [0.4, 0.5) is 0 Å². The number of nitrogens with zero attached hydrogens (tertiary/aromatic N) is 1. The lowest BCUT2D eigenvalue weighted by molar-refractivity contribution is -0.143. The number of carbonyl (C=O) groups excluding carboxylic acids is 2. The average molecular weight is 586 g/mol. The highest BCUT2D eigenvalue weighted by atomic mass is 79.9. The molecule has 0 aromatic heterocycles. The van der Waals surface area contributed by atoms with E-state index >= 15 is 0 Å². The Balaban J connectivity index is 1.91. The fourth-order valence-electron chi connectivity index (χ4n) is 3.89. The quantitative estimate of drug-likeness (QED) is 0.261. The van der Waals surface area contributed by atoms with Gasteiger partial charge in [0.2, 0.25) is 5.91 Å². The average Bonchev–Trinajstić information content (AvgIpc) is 2.91. The third-order valence-corrected chi connectivity index (χ3v) is 7.17. The zero-order chi connectivity index (χ0) is 26.8. The highest BCUT2D eigenvalue weighted by Crippen LogP contribution is 2.26. The molecular formula is C30H34BrClN2O3. The van der Waals surface area contributed by atoms with Crippen molar-refractivity contribution >= 4 is 39.3 Å². The molecule has 2 atom stereocenters. The van der Waals surface area contributed by atoms with Crippen LogP contribution in [0.1, 0.15) is 43.9 Å². The number of hydrogen-bond acceptors (Lipinski definition) is 3. The van der Waals surface area contributed by atoms with Crippen molar-refractivity contribution < 1.29 is 14.3 Å². The number of hydrogen-bond donors (Lipinski definition) is 1. The summed E-state index contributed by atoms with van der Waals surface area (Å²) in [6, 6.07) is 22.2. The molecule has 0 radical (unpaired) electrons. The third kappa shape index (κ3) is 8.61. The van der Waals surface area contributed by atoms with Crippen molar-refractivity contribution in [1.82, 2.24) is 10.2 Å². The molecule has 2 amide bonds. The Morgan fingerprint density at radius 1 is 0.973 bits per heavy atom. The number of halogens is 2. The summed E-state index contributed by atoms with van der Waals surface area (Å²) < 4.78 is 6.72. The van der Waals surface area contributed by atoms with Crippen LogP contribution in [0.15, 0.2) is 77.3 Å². The zero-order valence-corrected chi connectivity index (χ0v) is 23.9. The summed E-state index contributed by atoms with van der Waals surface area (Å²) >= 11 is 9.63. The first kappa shape index (κ1) is 28.7. The predicted octanol–water partition coefficient (Wildman–Crippen LogP) is 6.60. The maximum absolute atomic E-state index is 13.7. The van der Waals surface area contributed by atoms with E-state index in [1.54, 1.807) is 17.0 Å². The van der Waals surface area contributed by atoms with Gasteiger partial charge in [-0.25, -0.2) is 0 Å². The second-order valence-corrected chi connectivity index (χ2v) is 10.4. The largest absolute Gasteiger partial charge is 0.483 e. The van der Waals surface area contributed by atoms with E-state index in [-0.39, 0.29) is 31.0 Å². The number of carbonyl (C=O) groups is 2. The molecule has 37 heavy (non-hydrogen) atoms. The van der Waals surface area contributed by atoms with Gasteiger partial charge >= 0.3 is 0 Å². The van der Waals surface area contributed by atoms with Crippen LogP contribution in [0.25, 0.3) is 0 Å². The number of benzene rings is 3. The molecule has 0 aliphatic rings. The lowest BCUT2D eigenvalue weighted by Gasteiger charge is -2.32. The summed E-state index contributed by atoms with van der Waals surface area (Å²) in [4.78, 5) is 28.8. The van der Waals surface area contributed by atoms with Crippen molar-refractivity contribution in [1.29, 1.82) is 0 Å². The maximum atomic E-state index is 13.7. The van der Waals surface area contributed by atoms with E-state index in [0.717, 1.165) is 28.4 Å². The Kier molecular flexibility index (Phi) is 11.0. The van der Waals surface area contributed by atoms with Crippen molar-refractivity contribution in [3.8, 4) is 5.75 Å². The van der Waals surface area contributed by atoms with Crippen LogP contribution in [0, 0.1) is 0 Å². The Morgan fingerprint density at radius 3 is 2.27 bits per heavy atom. The summed E-state index contributed by atoms with van der Waals surface area (Å²) in [5.41, 5.74) is 3.01. The molecule has 3 aromatic rings. The highest BCUT2D eigenvalue weighted by Gasteiger charge is 2.31. The molecule has 3 aromatic carbocycles. The van der Waals surface area contributed by atoms with Crippen molar-refractivity contribution in [2.45, 2.75) is 58.7 Å². The number of rotatable bonds is 12. The van der Waals surface area contributed by atoms with E-state index in [2.05, 4.69) is 28.2 Å². The molecular weight excluding hydrogens is 552 g/mol. The summed E-state index contributed by atoms with van der Waals surface area (Å²) in [6.45, 7) is 6.12. The van der Waals surface area contributed by atoms with Gasteiger partial charge in [0.05, 0.1) is 4.47 Å². The van der Waals surface area contributed by atoms with E-state index in [4.69, 9.17) is 16.3 Å². The molecule has 3 rings (SSSR count). The molecule has 0 heterocycles. The van der Waals surface area contributed by atoms with Crippen molar-refractivity contribution in [2.75, 3.05) is 6.61 Å². The molecule has 0 bridgehead atoms. The van der Waals surface area contributed by atoms with Crippen LogP contribution in [0.5, 0.6) is 5.75 Å². The second kappa shape index (κ2) is 14.2. The van der Waals surface area contributed by atoms with Crippen molar-refractivity contribution in [3.63, 3.8) is 0 Å². The lowest BCUT2D eigenvalue weighted by atomic mass is 10.0. The van der Waals surface area contributed by atoms with Gasteiger partial charge in [0.25, 0.3) is 5.91 Å². The lowest BCUT2D eigenvalue weighted by Crippen LogP contribution is -2.53. The minimum absolute atomic E-state index is 0.0115. The SMILES string of the molecule is CCc1ccc(OCC(=O)N(Cc2ccc(Cl)cc2)[C@H](Cc2ccccc2)C(=O)N[C@H](C)CC)c(Br)c1. The summed E-state index contributed by atoms with van der Waals surface area (Å²) in [5, 5.41) is 3.69.